The molecule has 1 aliphatic rings. The molecule has 1 aromatic rings. The van der Waals surface area contributed by atoms with E-state index in [0.29, 0.717) is 12.2 Å². The van der Waals surface area contributed by atoms with E-state index in [-0.39, 0.29) is 5.54 Å². The lowest BCUT2D eigenvalue weighted by molar-refractivity contribution is -0.137. The first-order valence-corrected chi connectivity index (χ1v) is 5.57. The molecule has 1 aliphatic heterocycles. The molecule has 0 radical (unpaired) electrons. The zero-order valence-electron chi connectivity index (χ0n) is 9.78. The quantitative estimate of drug-likeness (QED) is 0.786. The molecule has 1 heterocycles. The van der Waals surface area contributed by atoms with E-state index in [9.17, 15) is 13.2 Å². The third-order valence-corrected chi connectivity index (χ3v) is 3.23. The van der Waals surface area contributed by atoms with Gasteiger partial charge in [-0.3, -0.25) is 0 Å². The Morgan fingerprint density at radius 3 is 2.59 bits per heavy atom. The van der Waals surface area contributed by atoms with Gasteiger partial charge in [-0.1, -0.05) is 6.92 Å². The van der Waals surface area contributed by atoms with E-state index in [1.165, 1.54) is 6.07 Å². The van der Waals surface area contributed by atoms with Crippen molar-refractivity contribution in [2.24, 2.45) is 0 Å². The predicted octanol–water partition coefficient (Wildman–Crippen LogP) is 3.71. The van der Waals surface area contributed by atoms with Gasteiger partial charge in [-0.15, -0.1) is 0 Å². The van der Waals surface area contributed by atoms with Crippen molar-refractivity contribution < 1.29 is 13.2 Å². The Kier molecular flexibility index (Phi) is 2.72. The topological polar surface area (TPSA) is 24.1 Å². The van der Waals surface area contributed by atoms with Gasteiger partial charge in [0.15, 0.2) is 0 Å². The first kappa shape index (κ1) is 12.1. The minimum Gasteiger partial charge on any atom is -0.381 e. The minimum absolute atomic E-state index is 0.104. The molecular formula is C12H15F3N2. The Morgan fingerprint density at radius 2 is 2.00 bits per heavy atom. The van der Waals surface area contributed by atoms with Crippen LogP contribution in [-0.4, -0.2) is 12.1 Å². The number of benzene rings is 1. The highest BCUT2D eigenvalue weighted by molar-refractivity contribution is 5.73. The average Bonchev–Trinajstić information content (AvgIpc) is 2.27. The standard InChI is InChI=1S/C12H15F3N2/c1-3-11(2)7-16-10-6-8(12(13,14)15)4-5-9(10)17-11/h4-6,16-17H,3,7H2,1-2H3. The number of hydrogen-bond acceptors (Lipinski definition) is 2. The maximum absolute atomic E-state index is 12.5. The SMILES string of the molecule is CCC1(C)CNc2cc(C(F)(F)F)ccc2N1. The predicted molar refractivity (Wildman–Crippen MR) is 62.3 cm³/mol. The van der Waals surface area contributed by atoms with Gasteiger partial charge in [0.05, 0.1) is 22.5 Å². The molecule has 5 heteroatoms. The second kappa shape index (κ2) is 3.82. The first-order valence-electron chi connectivity index (χ1n) is 5.57. The van der Waals surface area contributed by atoms with E-state index in [1.54, 1.807) is 0 Å². The highest BCUT2D eigenvalue weighted by Crippen LogP contribution is 2.37. The lowest BCUT2D eigenvalue weighted by Crippen LogP contribution is -2.44. The summed E-state index contributed by atoms with van der Waals surface area (Å²) < 4.78 is 37.6. The Labute approximate surface area is 98.2 Å². The van der Waals surface area contributed by atoms with Crippen LogP contribution in [0.4, 0.5) is 24.5 Å². The Balaban J connectivity index is 2.32. The first-order chi connectivity index (χ1) is 7.84. The van der Waals surface area contributed by atoms with Crippen molar-refractivity contribution in [2.75, 3.05) is 17.2 Å². The molecular weight excluding hydrogens is 229 g/mol. The molecule has 0 bridgehead atoms. The summed E-state index contributed by atoms with van der Waals surface area (Å²) in [6.07, 6.45) is -3.39. The Bertz CT molecular complexity index is 428. The van der Waals surface area contributed by atoms with Crippen LogP contribution in [0.5, 0.6) is 0 Å². The fraction of sp³-hybridized carbons (Fsp3) is 0.500. The molecule has 0 saturated carbocycles. The normalized spacial score (nSPS) is 23.6. The fourth-order valence-electron chi connectivity index (χ4n) is 1.85. The Morgan fingerprint density at radius 1 is 1.29 bits per heavy atom. The van der Waals surface area contributed by atoms with Crippen molar-refractivity contribution in [3.05, 3.63) is 23.8 Å². The molecule has 0 fully saturated rings. The summed E-state index contributed by atoms with van der Waals surface area (Å²) in [4.78, 5) is 0. The highest BCUT2D eigenvalue weighted by Gasteiger charge is 2.33. The molecule has 0 aliphatic carbocycles. The lowest BCUT2D eigenvalue weighted by Gasteiger charge is -2.37. The van der Waals surface area contributed by atoms with Crippen LogP contribution in [0.3, 0.4) is 0 Å². The van der Waals surface area contributed by atoms with Gasteiger partial charge in [0.1, 0.15) is 0 Å². The van der Waals surface area contributed by atoms with Crippen LogP contribution in [0.15, 0.2) is 18.2 Å². The molecule has 1 aromatic carbocycles. The highest BCUT2D eigenvalue weighted by atomic mass is 19.4. The number of hydrogen-bond donors (Lipinski definition) is 2. The number of alkyl halides is 3. The summed E-state index contributed by atoms with van der Waals surface area (Å²) in [6.45, 7) is 4.71. The molecule has 2 nitrogen and oxygen atoms in total. The van der Waals surface area contributed by atoms with Crippen molar-refractivity contribution in [3.8, 4) is 0 Å². The number of rotatable bonds is 1. The fourth-order valence-corrected chi connectivity index (χ4v) is 1.85. The number of fused-ring (bicyclic) bond motifs is 1. The van der Waals surface area contributed by atoms with Crippen molar-refractivity contribution in [1.82, 2.24) is 0 Å². The summed E-state index contributed by atoms with van der Waals surface area (Å²) in [5, 5.41) is 6.33. The molecule has 0 aromatic heterocycles. The molecule has 2 N–H and O–H groups in total. The van der Waals surface area contributed by atoms with Gasteiger partial charge < -0.3 is 10.6 Å². The van der Waals surface area contributed by atoms with Crippen LogP contribution in [0.25, 0.3) is 0 Å². The molecule has 2 rings (SSSR count). The van der Waals surface area contributed by atoms with Crippen LogP contribution in [0.1, 0.15) is 25.8 Å². The van der Waals surface area contributed by atoms with Crippen molar-refractivity contribution in [3.63, 3.8) is 0 Å². The van der Waals surface area contributed by atoms with Gasteiger partial charge in [0, 0.05) is 6.54 Å². The van der Waals surface area contributed by atoms with Crippen LogP contribution in [0.2, 0.25) is 0 Å². The maximum Gasteiger partial charge on any atom is 0.416 e. The van der Waals surface area contributed by atoms with Crippen molar-refractivity contribution in [2.45, 2.75) is 32.0 Å². The second-order valence-corrected chi connectivity index (χ2v) is 4.65. The van der Waals surface area contributed by atoms with Gasteiger partial charge in [0.25, 0.3) is 0 Å². The molecule has 1 atom stereocenters. The molecule has 0 spiro atoms. The third kappa shape index (κ3) is 2.33. The van der Waals surface area contributed by atoms with Crippen molar-refractivity contribution in [1.29, 1.82) is 0 Å². The summed E-state index contributed by atoms with van der Waals surface area (Å²) in [7, 11) is 0. The van der Waals surface area contributed by atoms with E-state index >= 15 is 0 Å². The van der Waals surface area contributed by atoms with Crippen LogP contribution < -0.4 is 10.6 Å². The molecule has 0 saturated heterocycles. The largest absolute Gasteiger partial charge is 0.416 e. The second-order valence-electron chi connectivity index (χ2n) is 4.65. The summed E-state index contributed by atoms with van der Waals surface area (Å²) in [5.74, 6) is 0. The smallest absolute Gasteiger partial charge is 0.381 e. The summed E-state index contributed by atoms with van der Waals surface area (Å²) in [6, 6.07) is 3.74. The Hall–Kier alpha value is -1.39. The van der Waals surface area contributed by atoms with Gasteiger partial charge >= 0.3 is 6.18 Å². The van der Waals surface area contributed by atoms with Crippen molar-refractivity contribution >= 4 is 11.4 Å². The van der Waals surface area contributed by atoms with Crippen LogP contribution in [0, 0.1) is 0 Å². The van der Waals surface area contributed by atoms with Gasteiger partial charge in [-0.2, -0.15) is 13.2 Å². The van der Waals surface area contributed by atoms with Crippen LogP contribution in [-0.2, 0) is 6.18 Å². The molecule has 0 amide bonds. The number of anilines is 2. The molecule has 17 heavy (non-hydrogen) atoms. The van der Waals surface area contributed by atoms with Crippen LogP contribution >= 0.6 is 0 Å². The number of halogens is 3. The van der Waals surface area contributed by atoms with E-state index in [0.717, 1.165) is 24.2 Å². The lowest BCUT2D eigenvalue weighted by atomic mass is 9.95. The molecule has 1 unspecified atom stereocenters. The van der Waals surface area contributed by atoms with E-state index in [1.807, 2.05) is 13.8 Å². The summed E-state index contributed by atoms with van der Waals surface area (Å²) >= 11 is 0. The van der Waals surface area contributed by atoms with E-state index in [4.69, 9.17) is 0 Å². The maximum atomic E-state index is 12.5. The average molecular weight is 244 g/mol. The monoisotopic (exact) mass is 244 g/mol. The van der Waals surface area contributed by atoms with E-state index < -0.39 is 11.7 Å². The zero-order chi connectivity index (χ0) is 12.7. The number of nitrogens with one attached hydrogen (secondary N) is 2. The molecule has 94 valence electrons. The van der Waals surface area contributed by atoms with E-state index in [2.05, 4.69) is 10.6 Å². The van der Waals surface area contributed by atoms with Gasteiger partial charge in [-0.05, 0) is 31.5 Å². The zero-order valence-corrected chi connectivity index (χ0v) is 9.78. The van der Waals surface area contributed by atoms with Gasteiger partial charge in [-0.25, -0.2) is 0 Å². The minimum atomic E-state index is -4.29. The van der Waals surface area contributed by atoms with Gasteiger partial charge in [0.2, 0.25) is 0 Å². The summed E-state index contributed by atoms with van der Waals surface area (Å²) in [5.41, 5.74) is 0.525. The third-order valence-electron chi connectivity index (χ3n) is 3.23.